The second-order valence-electron chi connectivity index (χ2n) is 4.77. The van der Waals surface area contributed by atoms with Gasteiger partial charge < -0.3 is 10.5 Å². The molecule has 1 aromatic heterocycles. The number of nitrogens with zero attached hydrogens (tertiary/aromatic N) is 1. The molecule has 0 aliphatic carbocycles. The van der Waals surface area contributed by atoms with Crippen molar-refractivity contribution in [1.29, 1.82) is 0 Å². The summed E-state index contributed by atoms with van der Waals surface area (Å²) in [6.07, 6.45) is 0.314. The van der Waals surface area contributed by atoms with Gasteiger partial charge in [-0.05, 0) is 48.2 Å². The Bertz CT molecular complexity index is 694. The third-order valence-corrected chi connectivity index (χ3v) is 3.79. The van der Waals surface area contributed by atoms with Crippen molar-refractivity contribution in [3.63, 3.8) is 0 Å². The molecular weight excluding hydrogens is 314 g/mol. The van der Waals surface area contributed by atoms with Gasteiger partial charge in [-0.1, -0.05) is 6.07 Å². The highest BCUT2D eigenvalue weighted by Gasteiger charge is 2.04. The summed E-state index contributed by atoms with van der Waals surface area (Å²) < 4.78 is 5.18. The summed E-state index contributed by atoms with van der Waals surface area (Å²) in [5.41, 5.74) is 9.06. The minimum atomic E-state index is -0.528. The van der Waals surface area contributed by atoms with Crippen molar-refractivity contribution in [2.75, 3.05) is 6.61 Å². The minimum Gasteiger partial charge on any atom is -0.484 e. The van der Waals surface area contributed by atoms with Crippen LogP contribution in [0.15, 0.2) is 46.9 Å². The summed E-state index contributed by atoms with van der Waals surface area (Å²) in [5, 5.41) is 6.02. The highest BCUT2D eigenvalue weighted by Crippen LogP contribution is 2.13. The van der Waals surface area contributed by atoms with E-state index in [-0.39, 0.29) is 12.5 Å². The maximum absolute atomic E-state index is 11.8. The fraction of sp³-hybridized carbons (Fsp3) is 0.188. The van der Waals surface area contributed by atoms with Crippen LogP contribution in [0.5, 0.6) is 5.75 Å². The first kappa shape index (κ1) is 16.7. The van der Waals surface area contributed by atoms with Crippen LogP contribution in [0.4, 0.5) is 0 Å². The van der Waals surface area contributed by atoms with Crippen LogP contribution in [0.1, 0.15) is 17.4 Å². The van der Waals surface area contributed by atoms with E-state index in [0.29, 0.717) is 17.9 Å². The summed E-state index contributed by atoms with van der Waals surface area (Å²) in [4.78, 5) is 23.4. The van der Waals surface area contributed by atoms with Crippen molar-refractivity contribution >= 4 is 28.9 Å². The Labute approximate surface area is 138 Å². The summed E-state index contributed by atoms with van der Waals surface area (Å²) in [6.45, 7) is 1.63. The number of hydrogen-bond acceptors (Lipinski definition) is 5. The monoisotopic (exact) mass is 331 g/mol. The standard InChI is InChI=1S/C16H17N3O3S/c1-11(18-19-16(21)9-14-3-2-8-23-14)12-4-6-13(7-5-12)22-10-15(17)20/h2-8H,9-10H2,1H3,(H2,17,20)(H,19,21)/b18-11+. The molecule has 0 bridgehead atoms. The van der Waals surface area contributed by atoms with Crippen LogP contribution in [0.25, 0.3) is 0 Å². The van der Waals surface area contributed by atoms with E-state index in [1.165, 1.54) is 11.3 Å². The van der Waals surface area contributed by atoms with E-state index in [1.807, 2.05) is 17.5 Å². The van der Waals surface area contributed by atoms with Crippen molar-refractivity contribution in [2.45, 2.75) is 13.3 Å². The predicted molar refractivity (Wildman–Crippen MR) is 89.5 cm³/mol. The zero-order valence-electron chi connectivity index (χ0n) is 12.6. The molecule has 0 saturated carbocycles. The van der Waals surface area contributed by atoms with E-state index in [4.69, 9.17) is 10.5 Å². The van der Waals surface area contributed by atoms with Crippen LogP contribution in [0, 0.1) is 0 Å². The van der Waals surface area contributed by atoms with Crippen molar-refractivity contribution in [1.82, 2.24) is 5.43 Å². The Kier molecular flexibility index (Phi) is 5.87. The fourth-order valence-corrected chi connectivity index (χ4v) is 2.47. The van der Waals surface area contributed by atoms with Crippen molar-refractivity contribution in [2.24, 2.45) is 10.8 Å². The molecule has 0 unspecified atom stereocenters. The van der Waals surface area contributed by atoms with Gasteiger partial charge in [0.15, 0.2) is 6.61 Å². The van der Waals surface area contributed by atoms with Gasteiger partial charge in [-0.2, -0.15) is 5.10 Å². The zero-order valence-corrected chi connectivity index (χ0v) is 13.4. The highest BCUT2D eigenvalue weighted by atomic mass is 32.1. The smallest absolute Gasteiger partial charge is 0.255 e. The summed E-state index contributed by atoms with van der Waals surface area (Å²) >= 11 is 1.53. The number of thiophene rings is 1. The number of carbonyl (C=O) groups is 2. The molecule has 120 valence electrons. The van der Waals surface area contributed by atoms with Crippen molar-refractivity contribution < 1.29 is 14.3 Å². The predicted octanol–water partition coefficient (Wildman–Crippen LogP) is 1.70. The maximum Gasteiger partial charge on any atom is 0.255 e. The SMILES string of the molecule is C/C(=N\NC(=O)Cc1cccs1)c1ccc(OCC(N)=O)cc1. The first-order valence-electron chi connectivity index (χ1n) is 6.91. The first-order chi connectivity index (χ1) is 11.0. The molecule has 2 rings (SSSR count). The van der Waals surface area contributed by atoms with E-state index in [2.05, 4.69) is 10.5 Å². The lowest BCUT2D eigenvalue weighted by Crippen LogP contribution is -2.21. The van der Waals surface area contributed by atoms with E-state index in [1.54, 1.807) is 31.2 Å². The average molecular weight is 331 g/mol. The van der Waals surface area contributed by atoms with Crippen LogP contribution < -0.4 is 15.9 Å². The number of amides is 2. The molecule has 1 aromatic carbocycles. The van der Waals surface area contributed by atoms with E-state index in [0.717, 1.165) is 10.4 Å². The van der Waals surface area contributed by atoms with Crippen LogP contribution in [0.3, 0.4) is 0 Å². The molecule has 0 radical (unpaired) electrons. The lowest BCUT2D eigenvalue weighted by molar-refractivity contribution is -0.121. The Balaban J connectivity index is 1.89. The topological polar surface area (TPSA) is 93.8 Å². The lowest BCUT2D eigenvalue weighted by Gasteiger charge is -2.06. The molecule has 7 heteroatoms. The number of nitrogens with two attached hydrogens (primary N) is 1. The van der Waals surface area contributed by atoms with Gasteiger partial charge in [0.2, 0.25) is 5.91 Å². The number of carbonyl (C=O) groups excluding carboxylic acids is 2. The quantitative estimate of drug-likeness (QED) is 0.597. The van der Waals surface area contributed by atoms with Gasteiger partial charge in [0, 0.05) is 4.88 Å². The molecule has 2 aromatic rings. The number of ether oxygens (including phenoxy) is 1. The second kappa shape index (κ2) is 8.09. The number of rotatable bonds is 7. The number of hydrogen-bond donors (Lipinski definition) is 2. The molecule has 23 heavy (non-hydrogen) atoms. The second-order valence-corrected chi connectivity index (χ2v) is 5.80. The molecule has 0 atom stereocenters. The van der Waals surface area contributed by atoms with Crippen LogP contribution in [-0.4, -0.2) is 24.1 Å². The van der Waals surface area contributed by atoms with E-state index >= 15 is 0 Å². The number of hydrazone groups is 1. The normalized spacial score (nSPS) is 11.1. The van der Waals surface area contributed by atoms with E-state index < -0.39 is 5.91 Å². The largest absolute Gasteiger partial charge is 0.484 e. The summed E-state index contributed by atoms with van der Waals surface area (Å²) in [7, 11) is 0. The van der Waals surface area contributed by atoms with Crippen LogP contribution in [0.2, 0.25) is 0 Å². The zero-order chi connectivity index (χ0) is 16.7. The average Bonchev–Trinajstić information content (AvgIpc) is 3.04. The molecule has 0 aliphatic rings. The molecule has 3 N–H and O–H groups in total. The third-order valence-electron chi connectivity index (χ3n) is 2.92. The molecule has 6 nitrogen and oxygen atoms in total. The maximum atomic E-state index is 11.8. The van der Waals surface area contributed by atoms with Gasteiger partial charge in [-0.15, -0.1) is 11.3 Å². The summed E-state index contributed by atoms with van der Waals surface area (Å²) in [6, 6.07) is 10.8. The molecule has 2 amide bonds. The Hall–Kier alpha value is -2.67. The van der Waals surface area contributed by atoms with Crippen LogP contribution >= 0.6 is 11.3 Å². The number of primary amides is 1. The molecule has 0 aliphatic heterocycles. The molecule has 1 heterocycles. The lowest BCUT2D eigenvalue weighted by atomic mass is 10.1. The van der Waals surface area contributed by atoms with Crippen LogP contribution in [-0.2, 0) is 16.0 Å². The Morgan fingerprint density at radius 1 is 1.26 bits per heavy atom. The number of nitrogens with one attached hydrogen (secondary N) is 1. The van der Waals surface area contributed by atoms with E-state index in [9.17, 15) is 9.59 Å². The minimum absolute atomic E-state index is 0.159. The molecule has 0 saturated heterocycles. The van der Waals surface area contributed by atoms with Gasteiger partial charge in [-0.3, -0.25) is 9.59 Å². The van der Waals surface area contributed by atoms with Gasteiger partial charge in [0.1, 0.15) is 5.75 Å². The molecular formula is C16H17N3O3S. The van der Waals surface area contributed by atoms with Gasteiger partial charge >= 0.3 is 0 Å². The third kappa shape index (κ3) is 5.55. The Morgan fingerprint density at radius 2 is 2.00 bits per heavy atom. The van der Waals surface area contributed by atoms with Gasteiger partial charge in [-0.25, -0.2) is 5.43 Å². The Morgan fingerprint density at radius 3 is 2.61 bits per heavy atom. The molecule has 0 spiro atoms. The number of benzene rings is 1. The van der Waals surface area contributed by atoms with Crippen molar-refractivity contribution in [3.8, 4) is 5.75 Å². The highest BCUT2D eigenvalue weighted by molar-refractivity contribution is 7.10. The first-order valence-corrected chi connectivity index (χ1v) is 7.79. The van der Waals surface area contributed by atoms with Crippen molar-refractivity contribution in [3.05, 3.63) is 52.2 Å². The molecule has 0 fully saturated rings. The van der Waals surface area contributed by atoms with Gasteiger partial charge in [0.25, 0.3) is 5.91 Å². The summed E-state index contributed by atoms with van der Waals surface area (Å²) in [5.74, 6) is -0.143. The van der Waals surface area contributed by atoms with Gasteiger partial charge in [0.05, 0.1) is 12.1 Å². The fourth-order valence-electron chi connectivity index (χ4n) is 1.77.